The number of furan rings is 1. The summed E-state index contributed by atoms with van der Waals surface area (Å²) in [4.78, 5) is 3.83. The molecule has 0 saturated carbocycles. The number of nitrogens with zero attached hydrogens (tertiary/aromatic N) is 3. The molecule has 4 nitrogen and oxygen atoms in total. The summed E-state index contributed by atoms with van der Waals surface area (Å²) in [6, 6.07) is 53.0. The molecule has 0 saturated heterocycles. The Morgan fingerprint density at radius 2 is 1.11 bits per heavy atom. The number of aromatic nitrogens is 2. The van der Waals surface area contributed by atoms with Crippen LogP contribution in [0.3, 0.4) is 0 Å². The summed E-state index contributed by atoms with van der Waals surface area (Å²) >= 11 is 0. The van der Waals surface area contributed by atoms with Gasteiger partial charge in [0, 0.05) is 49.3 Å². The molecule has 10 aromatic rings. The molecule has 0 bridgehead atoms. The quantitative estimate of drug-likeness (QED) is 0.186. The van der Waals surface area contributed by atoms with Crippen LogP contribution in [0, 0.1) is 6.57 Å². The molecule has 218 valence electrons. The van der Waals surface area contributed by atoms with Gasteiger partial charge in [-0.25, -0.2) is 4.85 Å². The smallest absolute Gasteiger partial charge is 0.189 e. The second-order valence-electron chi connectivity index (χ2n) is 12.0. The minimum atomic E-state index is 0.608. The largest absolute Gasteiger partial charge is 0.454 e. The Morgan fingerprint density at radius 3 is 1.83 bits per heavy atom. The number of hydrogen-bond donors (Lipinski definition) is 0. The van der Waals surface area contributed by atoms with E-state index in [1.54, 1.807) is 0 Å². The summed E-state index contributed by atoms with van der Waals surface area (Å²) in [6.45, 7) is 7.86. The highest BCUT2D eigenvalue weighted by atomic mass is 16.3. The molecular weight excluding hydrogens is 574 g/mol. The predicted octanol–water partition coefficient (Wildman–Crippen LogP) is 12.0. The van der Waals surface area contributed by atoms with Gasteiger partial charge in [0.05, 0.1) is 28.6 Å². The van der Waals surface area contributed by atoms with Crippen LogP contribution in [0.25, 0.3) is 92.9 Å². The molecule has 3 aromatic heterocycles. The first-order valence-electron chi connectivity index (χ1n) is 15.7. The van der Waals surface area contributed by atoms with Crippen molar-refractivity contribution in [2.45, 2.75) is 0 Å². The van der Waals surface area contributed by atoms with E-state index >= 15 is 0 Å². The highest BCUT2D eigenvalue weighted by Gasteiger charge is 2.20. The van der Waals surface area contributed by atoms with Gasteiger partial charge < -0.3 is 13.6 Å². The summed E-state index contributed by atoms with van der Waals surface area (Å²) in [6.07, 6.45) is 0. The van der Waals surface area contributed by atoms with Crippen LogP contribution in [0.1, 0.15) is 0 Å². The van der Waals surface area contributed by atoms with Gasteiger partial charge in [0.1, 0.15) is 5.58 Å². The molecule has 0 radical (unpaired) electrons. The lowest BCUT2D eigenvalue weighted by molar-refractivity contribution is 0.671. The minimum Gasteiger partial charge on any atom is -0.454 e. The lowest BCUT2D eigenvalue weighted by Gasteiger charge is -2.16. The Morgan fingerprint density at radius 1 is 0.489 bits per heavy atom. The van der Waals surface area contributed by atoms with E-state index in [0.29, 0.717) is 5.69 Å². The molecule has 47 heavy (non-hydrogen) atoms. The van der Waals surface area contributed by atoms with E-state index < -0.39 is 0 Å². The van der Waals surface area contributed by atoms with E-state index in [1.165, 1.54) is 16.2 Å². The van der Waals surface area contributed by atoms with Crippen LogP contribution in [-0.4, -0.2) is 9.13 Å². The third-order valence-electron chi connectivity index (χ3n) is 9.53. The van der Waals surface area contributed by atoms with Gasteiger partial charge >= 0.3 is 0 Å². The van der Waals surface area contributed by atoms with Crippen molar-refractivity contribution >= 4 is 71.2 Å². The zero-order chi connectivity index (χ0) is 31.1. The van der Waals surface area contributed by atoms with Gasteiger partial charge in [-0.3, -0.25) is 0 Å². The fourth-order valence-electron chi connectivity index (χ4n) is 7.51. The minimum absolute atomic E-state index is 0.608. The standard InChI is InChI=1S/C43H25N3O/c1-44-28-21-22-30(40(26-28)46-38-18-7-2-13-31(38)32-14-3-8-19-39(32)46)27-11-10-12-29(25-27)45-37-17-6-4-15-33(37)35-23-24-36-34-16-5-9-20-41(34)47-43(36)42(35)45/h2-26H. The summed E-state index contributed by atoms with van der Waals surface area (Å²) < 4.78 is 11.2. The Labute approximate surface area is 269 Å². The Hall–Kier alpha value is -6.57. The summed E-state index contributed by atoms with van der Waals surface area (Å²) in [5, 5.41) is 6.95. The maximum atomic E-state index is 7.86. The van der Waals surface area contributed by atoms with Crippen molar-refractivity contribution in [2.24, 2.45) is 0 Å². The molecule has 4 heteroatoms. The molecule has 10 rings (SSSR count). The average molecular weight is 600 g/mol. The molecule has 0 aliphatic rings. The van der Waals surface area contributed by atoms with Gasteiger partial charge in [0.25, 0.3) is 0 Å². The summed E-state index contributed by atoms with van der Waals surface area (Å²) in [7, 11) is 0. The molecule has 3 heterocycles. The zero-order valence-electron chi connectivity index (χ0n) is 25.2. The van der Waals surface area contributed by atoms with Crippen LogP contribution >= 0.6 is 0 Å². The monoisotopic (exact) mass is 599 g/mol. The van der Waals surface area contributed by atoms with E-state index in [4.69, 9.17) is 11.0 Å². The van der Waals surface area contributed by atoms with E-state index in [0.717, 1.165) is 71.9 Å². The second-order valence-corrected chi connectivity index (χ2v) is 12.0. The molecule has 0 N–H and O–H groups in total. The van der Waals surface area contributed by atoms with Crippen LogP contribution in [0.5, 0.6) is 0 Å². The van der Waals surface area contributed by atoms with Crippen molar-refractivity contribution in [3.05, 3.63) is 163 Å². The van der Waals surface area contributed by atoms with Crippen molar-refractivity contribution in [2.75, 3.05) is 0 Å². The number of hydrogen-bond acceptors (Lipinski definition) is 1. The van der Waals surface area contributed by atoms with Gasteiger partial charge in [0.2, 0.25) is 0 Å². The zero-order valence-corrected chi connectivity index (χ0v) is 25.2. The van der Waals surface area contributed by atoms with Crippen molar-refractivity contribution < 1.29 is 4.42 Å². The fourth-order valence-corrected chi connectivity index (χ4v) is 7.51. The normalized spacial score (nSPS) is 11.8. The van der Waals surface area contributed by atoms with Gasteiger partial charge in [-0.05, 0) is 54.1 Å². The third kappa shape index (κ3) is 3.63. The van der Waals surface area contributed by atoms with Crippen LogP contribution in [0.4, 0.5) is 5.69 Å². The fraction of sp³-hybridized carbons (Fsp3) is 0. The lowest BCUT2D eigenvalue weighted by atomic mass is 10.0. The van der Waals surface area contributed by atoms with E-state index in [9.17, 15) is 0 Å². The number of benzene rings is 7. The SMILES string of the molecule is [C-]#[N+]c1ccc(-c2cccc(-n3c4ccccc4c4ccc5c6ccccc6oc5c43)c2)c(-n2c3ccccc3c3ccccc32)c1. The van der Waals surface area contributed by atoms with Gasteiger partial charge in [-0.2, -0.15) is 0 Å². The molecule has 0 spiro atoms. The lowest BCUT2D eigenvalue weighted by Crippen LogP contribution is -1.98. The second kappa shape index (κ2) is 9.71. The average Bonchev–Trinajstić information content (AvgIpc) is 3.79. The van der Waals surface area contributed by atoms with E-state index in [-0.39, 0.29) is 0 Å². The van der Waals surface area contributed by atoms with Crippen molar-refractivity contribution in [3.63, 3.8) is 0 Å². The first-order valence-corrected chi connectivity index (χ1v) is 15.7. The number of fused-ring (bicyclic) bond motifs is 10. The topological polar surface area (TPSA) is 27.4 Å². The molecule has 0 amide bonds. The molecule has 0 atom stereocenters. The van der Waals surface area contributed by atoms with Crippen LogP contribution in [0.2, 0.25) is 0 Å². The van der Waals surface area contributed by atoms with Gasteiger partial charge in [-0.1, -0.05) is 103 Å². The Kier molecular flexibility index (Phi) is 5.32. The maximum absolute atomic E-state index is 7.86. The molecule has 0 unspecified atom stereocenters. The highest BCUT2D eigenvalue weighted by molar-refractivity contribution is 6.21. The van der Waals surface area contributed by atoms with E-state index in [1.807, 2.05) is 24.3 Å². The van der Waals surface area contributed by atoms with Crippen LogP contribution in [0.15, 0.2) is 156 Å². The van der Waals surface area contributed by atoms with Crippen LogP contribution in [-0.2, 0) is 0 Å². The summed E-state index contributed by atoms with van der Waals surface area (Å²) in [5.74, 6) is 0. The van der Waals surface area contributed by atoms with E-state index in [2.05, 4.69) is 141 Å². The highest BCUT2D eigenvalue weighted by Crippen LogP contribution is 2.42. The molecule has 0 aliphatic carbocycles. The van der Waals surface area contributed by atoms with Crippen molar-refractivity contribution in [1.82, 2.24) is 9.13 Å². The van der Waals surface area contributed by atoms with Crippen molar-refractivity contribution in [1.29, 1.82) is 0 Å². The molecule has 0 fully saturated rings. The van der Waals surface area contributed by atoms with Gasteiger partial charge in [0.15, 0.2) is 11.3 Å². The Balaban J connectivity index is 1.27. The number of rotatable bonds is 3. The molecule has 7 aromatic carbocycles. The summed E-state index contributed by atoms with van der Waals surface area (Å²) in [5.41, 5.74) is 10.9. The van der Waals surface area contributed by atoms with Crippen molar-refractivity contribution in [3.8, 4) is 22.5 Å². The third-order valence-corrected chi connectivity index (χ3v) is 9.53. The molecular formula is C43H25N3O. The maximum Gasteiger partial charge on any atom is 0.189 e. The first-order chi connectivity index (χ1) is 23.3. The first kappa shape index (κ1) is 25.7. The van der Waals surface area contributed by atoms with Gasteiger partial charge in [-0.15, -0.1) is 0 Å². The number of para-hydroxylation sites is 4. The predicted molar refractivity (Wildman–Crippen MR) is 194 cm³/mol. The molecule has 0 aliphatic heterocycles. The Bertz CT molecular complexity index is 2880. The van der Waals surface area contributed by atoms with Crippen LogP contribution < -0.4 is 0 Å².